The molecule has 2 aromatic carbocycles. The minimum Gasteiger partial charge on any atom is -0.493 e. The summed E-state index contributed by atoms with van der Waals surface area (Å²) in [6, 6.07) is 16.7. The van der Waals surface area contributed by atoms with Gasteiger partial charge >= 0.3 is 0 Å². The molecule has 2 heteroatoms. The van der Waals surface area contributed by atoms with Gasteiger partial charge < -0.3 is 4.74 Å². The van der Waals surface area contributed by atoms with Crippen LogP contribution in [0.3, 0.4) is 0 Å². The first-order valence-corrected chi connectivity index (χ1v) is 8.14. The Morgan fingerprint density at radius 2 is 1.65 bits per heavy atom. The first kappa shape index (κ1) is 17.1. The number of hydrogen-bond donors (Lipinski definition) is 0. The second-order valence-electron chi connectivity index (χ2n) is 6.42. The molecular formula is C21H25NO. The van der Waals surface area contributed by atoms with Crippen molar-refractivity contribution in [3.8, 4) is 11.8 Å². The lowest BCUT2D eigenvalue weighted by molar-refractivity contribution is 0.292. The van der Waals surface area contributed by atoms with Crippen molar-refractivity contribution >= 4 is 0 Å². The molecule has 0 saturated heterocycles. The van der Waals surface area contributed by atoms with Crippen molar-refractivity contribution in [2.75, 3.05) is 6.61 Å². The van der Waals surface area contributed by atoms with E-state index < -0.39 is 5.41 Å². The van der Waals surface area contributed by atoms with Crippen molar-refractivity contribution in [1.82, 2.24) is 0 Å². The molecule has 0 saturated carbocycles. The zero-order valence-electron chi connectivity index (χ0n) is 14.5. The number of hydrogen-bond acceptors (Lipinski definition) is 2. The average Bonchev–Trinajstić information content (AvgIpc) is 2.58. The molecule has 2 rings (SSSR count). The minimum absolute atomic E-state index is 0.457. The van der Waals surface area contributed by atoms with Crippen molar-refractivity contribution in [3.05, 3.63) is 64.7 Å². The zero-order valence-corrected chi connectivity index (χ0v) is 14.5. The Hall–Kier alpha value is -2.27. The summed E-state index contributed by atoms with van der Waals surface area (Å²) in [5, 5.41) is 9.59. The van der Waals surface area contributed by atoms with E-state index in [4.69, 9.17) is 4.74 Å². The summed E-state index contributed by atoms with van der Waals surface area (Å²) < 4.78 is 6.01. The maximum Gasteiger partial charge on any atom is 0.125 e. The molecule has 0 aliphatic rings. The van der Waals surface area contributed by atoms with Crippen LogP contribution in [0.25, 0.3) is 0 Å². The first-order valence-electron chi connectivity index (χ1n) is 8.14. The van der Waals surface area contributed by atoms with Crippen molar-refractivity contribution in [2.24, 2.45) is 0 Å². The van der Waals surface area contributed by atoms with Gasteiger partial charge in [-0.3, -0.25) is 0 Å². The van der Waals surface area contributed by atoms with E-state index >= 15 is 0 Å². The summed E-state index contributed by atoms with van der Waals surface area (Å²) in [4.78, 5) is 0. The van der Waals surface area contributed by atoms with Gasteiger partial charge in [0.15, 0.2) is 0 Å². The highest BCUT2D eigenvalue weighted by Gasteiger charge is 2.25. The Labute approximate surface area is 139 Å². The fourth-order valence-corrected chi connectivity index (χ4v) is 2.82. The van der Waals surface area contributed by atoms with E-state index in [1.807, 2.05) is 37.3 Å². The van der Waals surface area contributed by atoms with Crippen LogP contribution in [0, 0.1) is 32.1 Å². The zero-order chi connectivity index (χ0) is 16.9. The van der Waals surface area contributed by atoms with Crippen molar-refractivity contribution in [1.29, 1.82) is 5.26 Å². The standard InChI is InChI=1S/C21H25NO/c1-16-11-12-17(2)20(18(16)3)23-14-8-13-21(4,15-22)19-9-6-5-7-10-19/h5-7,9-12H,8,13-14H2,1-4H3. The van der Waals surface area contributed by atoms with E-state index in [1.165, 1.54) is 16.7 Å². The normalized spacial score (nSPS) is 13.2. The monoisotopic (exact) mass is 307 g/mol. The Morgan fingerprint density at radius 1 is 1.00 bits per heavy atom. The molecule has 0 fully saturated rings. The largest absolute Gasteiger partial charge is 0.493 e. The summed E-state index contributed by atoms with van der Waals surface area (Å²) in [5.41, 5.74) is 4.24. The summed E-state index contributed by atoms with van der Waals surface area (Å²) in [5.74, 6) is 0.989. The summed E-state index contributed by atoms with van der Waals surface area (Å²) in [7, 11) is 0. The highest BCUT2D eigenvalue weighted by molar-refractivity contribution is 5.44. The number of rotatable bonds is 6. The first-order chi connectivity index (χ1) is 11.0. The highest BCUT2D eigenvalue weighted by atomic mass is 16.5. The van der Waals surface area contributed by atoms with E-state index in [9.17, 15) is 5.26 Å². The quantitative estimate of drug-likeness (QED) is 0.683. The van der Waals surface area contributed by atoms with Gasteiger partial charge in [0.05, 0.1) is 18.1 Å². The Kier molecular flexibility index (Phi) is 5.45. The van der Waals surface area contributed by atoms with E-state index in [1.54, 1.807) is 0 Å². The topological polar surface area (TPSA) is 33.0 Å². The van der Waals surface area contributed by atoms with Gasteiger partial charge in [0.2, 0.25) is 0 Å². The van der Waals surface area contributed by atoms with Gasteiger partial charge in [-0.25, -0.2) is 0 Å². The predicted molar refractivity (Wildman–Crippen MR) is 94.8 cm³/mol. The molecule has 2 nitrogen and oxygen atoms in total. The smallest absolute Gasteiger partial charge is 0.125 e. The third kappa shape index (κ3) is 3.93. The lowest BCUT2D eigenvalue weighted by Gasteiger charge is -2.22. The Balaban J connectivity index is 1.98. The molecule has 23 heavy (non-hydrogen) atoms. The Bertz CT molecular complexity index is 700. The molecule has 0 heterocycles. The Morgan fingerprint density at radius 3 is 2.30 bits per heavy atom. The van der Waals surface area contributed by atoms with Crippen LogP contribution >= 0.6 is 0 Å². The van der Waals surface area contributed by atoms with Gasteiger partial charge in [-0.1, -0.05) is 42.5 Å². The van der Waals surface area contributed by atoms with E-state index in [0.717, 1.165) is 24.2 Å². The fraction of sp³-hybridized carbons (Fsp3) is 0.381. The summed E-state index contributed by atoms with van der Waals surface area (Å²) in [6.07, 6.45) is 1.64. The van der Waals surface area contributed by atoms with Crippen LogP contribution in [0.4, 0.5) is 0 Å². The fourth-order valence-electron chi connectivity index (χ4n) is 2.82. The maximum absolute atomic E-state index is 9.59. The summed E-state index contributed by atoms with van der Waals surface area (Å²) >= 11 is 0. The lowest BCUT2D eigenvalue weighted by Crippen LogP contribution is -2.20. The molecule has 2 aromatic rings. The second kappa shape index (κ2) is 7.33. The number of nitrogens with zero attached hydrogens (tertiary/aromatic N) is 1. The number of nitriles is 1. The van der Waals surface area contributed by atoms with Gasteiger partial charge in [0, 0.05) is 0 Å². The van der Waals surface area contributed by atoms with Crippen LogP contribution in [-0.2, 0) is 5.41 Å². The second-order valence-corrected chi connectivity index (χ2v) is 6.42. The van der Waals surface area contributed by atoms with Crippen LogP contribution in [0.2, 0.25) is 0 Å². The van der Waals surface area contributed by atoms with Crippen molar-refractivity contribution < 1.29 is 4.74 Å². The molecule has 120 valence electrons. The third-order valence-corrected chi connectivity index (χ3v) is 4.60. The molecule has 0 radical (unpaired) electrons. The van der Waals surface area contributed by atoms with Gasteiger partial charge in [0.1, 0.15) is 5.75 Å². The van der Waals surface area contributed by atoms with Gasteiger partial charge in [-0.05, 0) is 62.8 Å². The van der Waals surface area contributed by atoms with Gasteiger partial charge in [-0.2, -0.15) is 5.26 Å². The van der Waals surface area contributed by atoms with E-state index in [-0.39, 0.29) is 0 Å². The molecule has 0 aliphatic heterocycles. The molecule has 1 atom stereocenters. The SMILES string of the molecule is Cc1ccc(C)c(OCCCC(C)(C#N)c2ccccc2)c1C. The van der Waals surface area contributed by atoms with Crippen LogP contribution in [-0.4, -0.2) is 6.61 Å². The van der Waals surface area contributed by atoms with Crippen LogP contribution < -0.4 is 4.74 Å². The van der Waals surface area contributed by atoms with E-state index in [2.05, 4.69) is 39.0 Å². The van der Waals surface area contributed by atoms with Crippen LogP contribution in [0.5, 0.6) is 5.75 Å². The molecule has 0 bridgehead atoms. The molecule has 0 spiro atoms. The number of benzene rings is 2. The van der Waals surface area contributed by atoms with Crippen molar-refractivity contribution in [3.63, 3.8) is 0 Å². The third-order valence-electron chi connectivity index (χ3n) is 4.60. The molecule has 0 N–H and O–H groups in total. The number of ether oxygens (including phenoxy) is 1. The number of aryl methyl sites for hydroxylation is 2. The van der Waals surface area contributed by atoms with E-state index in [0.29, 0.717) is 6.61 Å². The molecule has 0 aliphatic carbocycles. The van der Waals surface area contributed by atoms with Gasteiger partial charge in [0.25, 0.3) is 0 Å². The molecule has 1 unspecified atom stereocenters. The summed E-state index contributed by atoms with van der Waals surface area (Å²) in [6.45, 7) is 8.91. The van der Waals surface area contributed by atoms with Gasteiger partial charge in [-0.15, -0.1) is 0 Å². The maximum atomic E-state index is 9.59. The van der Waals surface area contributed by atoms with Crippen LogP contribution in [0.1, 0.15) is 42.0 Å². The molecular weight excluding hydrogens is 282 g/mol. The minimum atomic E-state index is -0.457. The lowest BCUT2D eigenvalue weighted by atomic mass is 9.80. The predicted octanol–water partition coefficient (Wildman–Crippen LogP) is 5.25. The van der Waals surface area contributed by atoms with Crippen LogP contribution in [0.15, 0.2) is 42.5 Å². The van der Waals surface area contributed by atoms with Crippen molar-refractivity contribution in [2.45, 2.75) is 46.0 Å². The highest BCUT2D eigenvalue weighted by Crippen LogP contribution is 2.29. The average molecular weight is 307 g/mol. The molecule has 0 aromatic heterocycles. The molecule has 0 amide bonds.